The lowest BCUT2D eigenvalue weighted by Gasteiger charge is -2.04. The molecular formula is C10H9N3O4. The van der Waals surface area contributed by atoms with Crippen molar-refractivity contribution in [2.24, 2.45) is 0 Å². The number of amides is 1. The second kappa shape index (κ2) is 5.46. The molecule has 1 amide bonds. The van der Waals surface area contributed by atoms with Crippen molar-refractivity contribution in [2.45, 2.75) is 0 Å². The summed E-state index contributed by atoms with van der Waals surface area (Å²) in [4.78, 5) is 21.5. The van der Waals surface area contributed by atoms with Gasteiger partial charge in [-0.05, 0) is 6.07 Å². The number of benzene rings is 1. The van der Waals surface area contributed by atoms with E-state index in [1.54, 1.807) is 6.07 Å². The van der Waals surface area contributed by atoms with Gasteiger partial charge < -0.3 is 10.1 Å². The van der Waals surface area contributed by atoms with Crippen LogP contribution in [-0.2, 0) is 0 Å². The van der Waals surface area contributed by atoms with Crippen molar-refractivity contribution < 1.29 is 14.5 Å². The van der Waals surface area contributed by atoms with Crippen LogP contribution in [0.5, 0.6) is 5.75 Å². The van der Waals surface area contributed by atoms with E-state index in [-0.39, 0.29) is 23.5 Å². The zero-order valence-corrected chi connectivity index (χ0v) is 8.97. The topological polar surface area (TPSA) is 105 Å². The predicted molar refractivity (Wildman–Crippen MR) is 57.6 cm³/mol. The summed E-state index contributed by atoms with van der Waals surface area (Å²) in [6, 6.07) is 5.49. The lowest BCUT2D eigenvalue weighted by molar-refractivity contribution is -0.385. The van der Waals surface area contributed by atoms with E-state index in [1.807, 2.05) is 0 Å². The fourth-order valence-corrected chi connectivity index (χ4v) is 1.19. The van der Waals surface area contributed by atoms with Crippen LogP contribution in [0.2, 0.25) is 0 Å². The third kappa shape index (κ3) is 2.92. The van der Waals surface area contributed by atoms with Gasteiger partial charge in [-0.1, -0.05) is 0 Å². The van der Waals surface area contributed by atoms with Crippen LogP contribution >= 0.6 is 0 Å². The van der Waals surface area contributed by atoms with Crippen molar-refractivity contribution in [3.05, 3.63) is 33.9 Å². The Bertz CT molecular complexity index is 493. The number of nitriles is 1. The van der Waals surface area contributed by atoms with Crippen molar-refractivity contribution >= 4 is 11.6 Å². The van der Waals surface area contributed by atoms with Crippen molar-refractivity contribution in [3.8, 4) is 11.8 Å². The summed E-state index contributed by atoms with van der Waals surface area (Å²) in [6.45, 7) is -0.127. The molecule has 88 valence electrons. The second-order valence-electron chi connectivity index (χ2n) is 2.98. The van der Waals surface area contributed by atoms with E-state index in [4.69, 9.17) is 10.00 Å². The number of nitrogens with zero attached hydrogens (tertiary/aromatic N) is 2. The number of nitro groups is 1. The number of hydrogen-bond donors (Lipinski definition) is 1. The van der Waals surface area contributed by atoms with Crippen molar-refractivity contribution in [1.29, 1.82) is 5.26 Å². The fraction of sp³-hybridized carbons (Fsp3) is 0.200. The molecule has 1 rings (SSSR count). The molecule has 0 aliphatic carbocycles. The molecule has 1 aromatic rings. The first-order chi connectivity index (χ1) is 8.10. The first-order valence-electron chi connectivity index (χ1n) is 4.57. The molecule has 0 saturated carbocycles. The Morgan fingerprint density at radius 2 is 2.35 bits per heavy atom. The number of ether oxygens (including phenoxy) is 1. The smallest absolute Gasteiger partial charge is 0.310 e. The van der Waals surface area contributed by atoms with E-state index in [1.165, 1.54) is 25.3 Å². The second-order valence-corrected chi connectivity index (χ2v) is 2.98. The average molecular weight is 235 g/mol. The monoisotopic (exact) mass is 235 g/mol. The average Bonchev–Trinajstić information content (AvgIpc) is 2.34. The molecule has 1 N–H and O–H groups in total. The first kappa shape index (κ1) is 12.4. The summed E-state index contributed by atoms with van der Waals surface area (Å²) >= 11 is 0. The summed E-state index contributed by atoms with van der Waals surface area (Å²) in [5, 5.41) is 21.2. The van der Waals surface area contributed by atoms with E-state index in [2.05, 4.69) is 5.32 Å². The molecule has 1 aromatic carbocycles. The minimum Gasteiger partial charge on any atom is -0.490 e. The molecule has 0 aliphatic rings. The highest BCUT2D eigenvalue weighted by Crippen LogP contribution is 2.27. The van der Waals surface area contributed by atoms with Crippen molar-refractivity contribution in [2.75, 3.05) is 13.7 Å². The molecule has 0 bridgehead atoms. The molecule has 0 unspecified atom stereocenters. The van der Waals surface area contributed by atoms with E-state index in [0.717, 1.165) is 0 Å². The van der Waals surface area contributed by atoms with Crippen LogP contribution in [0.25, 0.3) is 0 Å². The maximum atomic E-state index is 11.5. The molecule has 0 radical (unpaired) electrons. The molecule has 0 saturated heterocycles. The predicted octanol–water partition coefficient (Wildman–Crippen LogP) is 0.857. The van der Waals surface area contributed by atoms with Gasteiger partial charge in [-0.15, -0.1) is 0 Å². The maximum Gasteiger partial charge on any atom is 0.310 e. The van der Waals surface area contributed by atoms with Gasteiger partial charge >= 0.3 is 5.69 Å². The first-order valence-corrected chi connectivity index (χ1v) is 4.57. The summed E-state index contributed by atoms with van der Waals surface area (Å²) in [5.74, 6) is -0.487. The summed E-state index contributed by atoms with van der Waals surface area (Å²) in [7, 11) is 1.28. The van der Waals surface area contributed by atoms with Gasteiger partial charge in [0.05, 0.1) is 18.1 Å². The molecular weight excluding hydrogens is 226 g/mol. The van der Waals surface area contributed by atoms with Crippen LogP contribution in [-0.4, -0.2) is 24.5 Å². The molecule has 0 aliphatic heterocycles. The van der Waals surface area contributed by atoms with Crippen LogP contribution in [0.3, 0.4) is 0 Å². The number of hydrogen-bond acceptors (Lipinski definition) is 5. The number of nitro benzene ring substituents is 1. The molecule has 0 spiro atoms. The zero-order chi connectivity index (χ0) is 12.8. The number of methoxy groups -OCH3 is 1. The fourth-order valence-electron chi connectivity index (χ4n) is 1.19. The third-order valence-electron chi connectivity index (χ3n) is 1.97. The number of carbonyl (C=O) groups excluding carboxylic acids is 1. The normalized spacial score (nSPS) is 9.18. The molecule has 7 heteroatoms. The Morgan fingerprint density at radius 3 is 2.88 bits per heavy atom. The van der Waals surface area contributed by atoms with E-state index >= 15 is 0 Å². The molecule has 0 atom stereocenters. The molecule has 0 heterocycles. The molecule has 7 nitrogen and oxygen atoms in total. The summed E-state index contributed by atoms with van der Waals surface area (Å²) in [6.07, 6.45) is 0. The minimum absolute atomic E-state index is 0.000363. The van der Waals surface area contributed by atoms with Crippen molar-refractivity contribution in [3.63, 3.8) is 0 Å². The number of rotatable bonds is 4. The zero-order valence-electron chi connectivity index (χ0n) is 8.97. The summed E-state index contributed by atoms with van der Waals surface area (Å²) < 4.78 is 4.82. The highest BCUT2D eigenvalue weighted by atomic mass is 16.6. The lowest BCUT2D eigenvalue weighted by Crippen LogP contribution is -2.23. The molecule has 0 fully saturated rings. The molecule has 0 aromatic heterocycles. The van der Waals surface area contributed by atoms with Gasteiger partial charge in [-0.2, -0.15) is 5.26 Å². The maximum absolute atomic E-state index is 11.5. The van der Waals surface area contributed by atoms with Crippen LogP contribution in [0.4, 0.5) is 5.69 Å². The van der Waals surface area contributed by atoms with Crippen LogP contribution in [0, 0.1) is 21.4 Å². The Morgan fingerprint density at radius 1 is 1.65 bits per heavy atom. The standard InChI is InChI=1S/C10H9N3O4/c1-17-9-6-7(10(14)12-5-4-11)2-3-8(9)13(15)16/h2-3,6H,5H2,1H3,(H,12,14). The van der Waals surface area contributed by atoms with Crippen LogP contribution in [0.1, 0.15) is 10.4 Å². The lowest BCUT2D eigenvalue weighted by atomic mass is 10.2. The van der Waals surface area contributed by atoms with E-state index in [0.29, 0.717) is 0 Å². The largest absolute Gasteiger partial charge is 0.490 e. The minimum atomic E-state index is -0.601. The van der Waals surface area contributed by atoms with E-state index in [9.17, 15) is 14.9 Å². The quantitative estimate of drug-likeness (QED) is 0.473. The third-order valence-corrected chi connectivity index (χ3v) is 1.97. The van der Waals surface area contributed by atoms with Crippen molar-refractivity contribution in [1.82, 2.24) is 5.32 Å². The number of carbonyl (C=O) groups is 1. The number of nitrogens with one attached hydrogen (secondary N) is 1. The van der Waals surface area contributed by atoms with Gasteiger partial charge in [0.15, 0.2) is 5.75 Å². The van der Waals surface area contributed by atoms with Crippen LogP contribution < -0.4 is 10.1 Å². The highest BCUT2D eigenvalue weighted by molar-refractivity contribution is 5.95. The Hall–Kier alpha value is -2.62. The highest BCUT2D eigenvalue weighted by Gasteiger charge is 2.17. The van der Waals surface area contributed by atoms with Gasteiger partial charge in [0.25, 0.3) is 5.91 Å². The van der Waals surface area contributed by atoms with Crippen LogP contribution in [0.15, 0.2) is 18.2 Å². The van der Waals surface area contributed by atoms with Gasteiger partial charge in [0, 0.05) is 17.7 Å². The Balaban J connectivity index is 3.02. The van der Waals surface area contributed by atoms with E-state index < -0.39 is 10.8 Å². The SMILES string of the molecule is COc1cc(C(=O)NCC#N)ccc1[N+](=O)[O-]. The van der Waals surface area contributed by atoms with Gasteiger partial charge in [0.2, 0.25) is 0 Å². The van der Waals surface area contributed by atoms with Gasteiger partial charge in [0.1, 0.15) is 6.54 Å². The molecule has 17 heavy (non-hydrogen) atoms. The summed E-state index contributed by atoms with van der Waals surface area (Å²) in [5.41, 5.74) is -0.0213. The van der Waals surface area contributed by atoms with Gasteiger partial charge in [-0.25, -0.2) is 0 Å². The Labute approximate surface area is 96.8 Å². The Kier molecular flexibility index (Phi) is 4.00. The van der Waals surface area contributed by atoms with Gasteiger partial charge in [-0.3, -0.25) is 14.9 Å².